The van der Waals surface area contributed by atoms with Crippen LogP contribution in [-0.2, 0) is 4.79 Å². The highest BCUT2D eigenvalue weighted by Gasteiger charge is 2.32. The molecule has 0 aliphatic heterocycles. The second kappa shape index (κ2) is 5.41. The van der Waals surface area contributed by atoms with Crippen LogP contribution in [0, 0.1) is 5.92 Å². The summed E-state index contributed by atoms with van der Waals surface area (Å²) in [4.78, 5) is 11.6. The number of hydrogen-bond donors (Lipinski definition) is 2. The van der Waals surface area contributed by atoms with E-state index >= 15 is 0 Å². The summed E-state index contributed by atoms with van der Waals surface area (Å²) in [6, 6.07) is 7.33. The van der Waals surface area contributed by atoms with Gasteiger partial charge in [-0.3, -0.25) is 4.79 Å². The molecule has 0 aromatic heterocycles. The summed E-state index contributed by atoms with van der Waals surface area (Å²) in [5, 5.41) is 3.73. The van der Waals surface area contributed by atoms with E-state index in [9.17, 15) is 4.79 Å². The zero-order valence-corrected chi connectivity index (χ0v) is 11.2. The zero-order chi connectivity index (χ0) is 13.1. The maximum atomic E-state index is 11.6. The third kappa shape index (κ3) is 3.63. The largest absolute Gasteiger partial charge is 0.370 e. The second-order valence-corrected chi connectivity index (χ2v) is 5.31. The molecule has 0 heterocycles. The van der Waals surface area contributed by atoms with Crippen molar-refractivity contribution in [2.24, 2.45) is 11.7 Å². The number of rotatable bonds is 5. The highest BCUT2D eigenvalue weighted by atomic mass is 35.5. The van der Waals surface area contributed by atoms with E-state index in [0.717, 1.165) is 5.69 Å². The number of nitrogens with two attached hydrogens (primary N) is 1. The molecule has 4 heteroatoms. The number of amides is 1. The third-order valence-corrected chi connectivity index (χ3v) is 2.97. The number of anilines is 1. The summed E-state index contributed by atoms with van der Waals surface area (Å²) in [5.41, 5.74) is 5.43. The average molecular weight is 255 g/mol. The molecule has 94 valence electrons. The van der Waals surface area contributed by atoms with Crippen LogP contribution in [0.1, 0.15) is 27.2 Å². The van der Waals surface area contributed by atoms with Crippen LogP contribution in [0.15, 0.2) is 24.3 Å². The molecule has 0 radical (unpaired) electrons. The predicted molar refractivity (Wildman–Crippen MR) is 72.1 cm³/mol. The molecule has 0 aliphatic carbocycles. The summed E-state index contributed by atoms with van der Waals surface area (Å²) in [7, 11) is 0. The number of hydrogen-bond acceptors (Lipinski definition) is 2. The van der Waals surface area contributed by atoms with Crippen molar-refractivity contribution in [3.8, 4) is 0 Å². The first-order valence-electron chi connectivity index (χ1n) is 5.68. The van der Waals surface area contributed by atoms with Crippen LogP contribution in [0.3, 0.4) is 0 Å². The quantitative estimate of drug-likeness (QED) is 0.849. The minimum absolute atomic E-state index is 0.363. The van der Waals surface area contributed by atoms with E-state index < -0.39 is 5.54 Å². The first-order chi connectivity index (χ1) is 7.85. The number of nitrogens with one attached hydrogen (secondary N) is 1. The van der Waals surface area contributed by atoms with Crippen LogP contribution in [0.4, 0.5) is 5.69 Å². The minimum atomic E-state index is -0.779. The maximum absolute atomic E-state index is 11.6. The Morgan fingerprint density at radius 2 is 2.06 bits per heavy atom. The Hall–Kier alpha value is -1.22. The van der Waals surface area contributed by atoms with Crippen LogP contribution < -0.4 is 11.1 Å². The normalized spacial score (nSPS) is 14.4. The first-order valence-corrected chi connectivity index (χ1v) is 6.05. The summed E-state index contributed by atoms with van der Waals surface area (Å²) < 4.78 is 0. The van der Waals surface area contributed by atoms with Crippen molar-refractivity contribution in [1.29, 1.82) is 0 Å². The standard InChI is InChI=1S/C13H19ClN2O/c1-9(2)8-13(3,12(15)17)16-11-7-5-4-6-10(11)14/h4-7,9,16H,8H2,1-3H3,(H2,15,17). The number of para-hydroxylation sites is 1. The fourth-order valence-corrected chi connectivity index (χ4v) is 2.07. The van der Waals surface area contributed by atoms with E-state index in [0.29, 0.717) is 17.4 Å². The zero-order valence-electron chi connectivity index (χ0n) is 10.5. The van der Waals surface area contributed by atoms with E-state index in [-0.39, 0.29) is 5.91 Å². The van der Waals surface area contributed by atoms with Crippen molar-refractivity contribution in [2.75, 3.05) is 5.32 Å². The van der Waals surface area contributed by atoms with Gasteiger partial charge in [0.2, 0.25) is 5.91 Å². The monoisotopic (exact) mass is 254 g/mol. The Bertz CT molecular complexity index is 406. The van der Waals surface area contributed by atoms with Crippen molar-refractivity contribution < 1.29 is 4.79 Å². The Morgan fingerprint density at radius 1 is 1.47 bits per heavy atom. The van der Waals surface area contributed by atoms with Crippen molar-refractivity contribution in [1.82, 2.24) is 0 Å². The highest BCUT2D eigenvalue weighted by molar-refractivity contribution is 6.33. The summed E-state index contributed by atoms with van der Waals surface area (Å²) in [5.74, 6) is -0.00592. The number of primary amides is 1. The molecule has 3 N–H and O–H groups in total. The molecule has 1 amide bonds. The molecule has 1 aromatic rings. The first kappa shape index (κ1) is 13.8. The lowest BCUT2D eigenvalue weighted by atomic mass is 9.89. The van der Waals surface area contributed by atoms with Gasteiger partial charge in [0.1, 0.15) is 5.54 Å². The Balaban J connectivity index is 2.95. The van der Waals surface area contributed by atoms with Crippen LogP contribution in [0.2, 0.25) is 5.02 Å². The molecule has 0 aliphatic rings. The molecule has 0 spiro atoms. The van der Waals surface area contributed by atoms with Gasteiger partial charge in [0.15, 0.2) is 0 Å². The van der Waals surface area contributed by atoms with Crippen molar-refractivity contribution in [2.45, 2.75) is 32.7 Å². The number of benzene rings is 1. The highest BCUT2D eigenvalue weighted by Crippen LogP contribution is 2.27. The molecule has 0 saturated heterocycles. The molecular formula is C13H19ClN2O. The molecule has 17 heavy (non-hydrogen) atoms. The summed E-state index contributed by atoms with van der Waals surface area (Å²) in [6.07, 6.45) is 0.660. The average Bonchev–Trinajstić information content (AvgIpc) is 2.20. The Labute approximate surface area is 107 Å². The van der Waals surface area contributed by atoms with Gasteiger partial charge in [-0.2, -0.15) is 0 Å². The van der Waals surface area contributed by atoms with Gasteiger partial charge in [-0.05, 0) is 31.4 Å². The Morgan fingerprint density at radius 3 is 2.53 bits per heavy atom. The van der Waals surface area contributed by atoms with Crippen LogP contribution in [0.25, 0.3) is 0 Å². The fraction of sp³-hybridized carbons (Fsp3) is 0.462. The van der Waals surface area contributed by atoms with Gasteiger partial charge in [-0.1, -0.05) is 37.6 Å². The molecule has 3 nitrogen and oxygen atoms in total. The minimum Gasteiger partial charge on any atom is -0.370 e. The topological polar surface area (TPSA) is 55.1 Å². The number of carbonyl (C=O) groups is 1. The molecule has 1 rings (SSSR count). The SMILES string of the molecule is CC(C)CC(C)(Nc1ccccc1Cl)C(N)=O. The summed E-state index contributed by atoms with van der Waals surface area (Å²) >= 11 is 6.06. The molecular weight excluding hydrogens is 236 g/mol. The van der Waals surface area contributed by atoms with Crippen LogP contribution in [0.5, 0.6) is 0 Å². The van der Waals surface area contributed by atoms with Gasteiger partial charge in [-0.25, -0.2) is 0 Å². The molecule has 1 unspecified atom stereocenters. The number of carbonyl (C=O) groups excluding carboxylic acids is 1. The van der Waals surface area contributed by atoms with Crippen molar-refractivity contribution in [3.05, 3.63) is 29.3 Å². The van der Waals surface area contributed by atoms with E-state index in [1.54, 1.807) is 13.0 Å². The maximum Gasteiger partial charge on any atom is 0.242 e. The van der Waals surface area contributed by atoms with Crippen molar-refractivity contribution >= 4 is 23.2 Å². The molecule has 1 atom stereocenters. The van der Waals surface area contributed by atoms with Crippen LogP contribution in [-0.4, -0.2) is 11.4 Å². The van der Waals surface area contributed by atoms with E-state index in [1.165, 1.54) is 0 Å². The lowest BCUT2D eigenvalue weighted by Crippen LogP contribution is -2.48. The number of halogens is 1. The molecule has 1 aromatic carbocycles. The smallest absolute Gasteiger partial charge is 0.242 e. The lowest BCUT2D eigenvalue weighted by molar-refractivity contribution is -0.122. The van der Waals surface area contributed by atoms with Crippen LogP contribution >= 0.6 is 11.6 Å². The van der Waals surface area contributed by atoms with Gasteiger partial charge in [-0.15, -0.1) is 0 Å². The van der Waals surface area contributed by atoms with E-state index in [2.05, 4.69) is 19.2 Å². The molecule has 0 bridgehead atoms. The van der Waals surface area contributed by atoms with E-state index in [4.69, 9.17) is 17.3 Å². The van der Waals surface area contributed by atoms with Gasteiger partial charge >= 0.3 is 0 Å². The molecule has 0 saturated carbocycles. The van der Waals surface area contributed by atoms with E-state index in [1.807, 2.05) is 18.2 Å². The third-order valence-electron chi connectivity index (χ3n) is 2.64. The van der Waals surface area contributed by atoms with Gasteiger partial charge < -0.3 is 11.1 Å². The van der Waals surface area contributed by atoms with Gasteiger partial charge in [0.05, 0.1) is 10.7 Å². The fourth-order valence-electron chi connectivity index (χ4n) is 1.89. The Kier molecular flexibility index (Phi) is 4.40. The van der Waals surface area contributed by atoms with Gasteiger partial charge in [0, 0.05) is 0 Å². The molecule has 0 fully saturated rings. The van der Waals surface area contributed by atoms with Gasteiger partial charge in [0.25, 0.3) is 0 Å². The second-order valence-electron chi connectivity index (χ2n) is 4.90. The lowest BCUT2D eigenvalue weighted by Gasteiger charge is -2.30. The summed E-state index contributed by atoms with van der Waals surface area (Å²) in [6.45, 7) is 5.91. The van der Waals surface area contributed by atoms with Crippen molar-refractivity contribution in [3.63, 3.8) is 0 Å². The predicted octanol–water partition coefficient (Wildman–Crippen LogP) is 3.04.